The molecule has 0 radical (unpaired) electrons. The monoisotopic (exact) mass is 343 g/mol. The van der Waals surface area contributed by atoms with Gasteiger partial charge in [-0.2, -0.15) is 0 Å². The van der Waals surface area contributed by atoms with Crippen LogP contribution < -0.4 is 10.6 Å². The smallest absolute Gasteiger partial charge is 0.196 e. The van der Waals surface area contributed by atoms with E-state index in [1.54, 1.807) is 7.11 Å². The highest BCUT2D eigenvalue weighted by molar-refractivity contribution is 9.10. The summed E-state index contributed by atoms with van der Waals surface area (Å²) in [5.41, 5.74) is 7.06. The number of halogens is 2. The van der Waals surface area contributed by atoms with Crippen LogP contribution in [0.3, 0.4) is 0 Å². The Morgan fingerprint density at radius 1 is 1.53 bits per heavy atom. The van der Waals surface area contributed by atoms with Crippen LogP contribution in [0.25, 0.3) is 0 Å². The van der Waals surface area contributed by atoms with Gasteiger partial charge in [0.05, 0.1) is 23.2 Å². The topological polar surface area (TPSA) is 50.9 Å². The molecule has 1 saturated carbocycles. The van der Waals surface area contributed by atoms with Crippen LogP contribution in [-0.4, -0.2) is 31.3 Å². The van der Waals surface area contributed by atoms with E-state index < -0.39 is 0 Å². The van der Waals surface area contributed by atoms with E-state index in [0.717, 1.165) is 29.5 Å². The van der Waals surface area contributed by atoms with Gasteiger partial charge in [0, 0.05) is 17.3 Å². The van der Waals surface area contributed by atoms with E-state index in [-0.39, 0.29) is 5.54 Å². The van der Waals surface area contributed by atoms with Crippen molar-refractivity contribution in [3.63, 3.8) is 0 Å². The van der Waals surface area contributed by atoms with E-state index in [1.807, 2.05) is 18.2 Å². The Morgan fingerprint density at radius 3 is 2.89 bits per heavy atom. The Hall–Kier alpha value is -0.780. The number of hydrogen-bond donors (Lipinski definition) is 1. The van der Waals surface area contributed by atoms with Gasteiger partial charge in [0.2, 0.25) is 0 Å². The standard InChI is InChI=1S/C13H15BrClN3O/c1-19-9-5-13(6-9)7-17-12(16)18(13)8-2-3-11(15)10(14)4-8/h2-4,9H,5-7H2,1H3,(H2,16,17). The molecule has 0 atom stereocenters. The third kappa shape index (κ3) is 2.04. The van der Waals surface area contributed by atoms with Crippen LogP contribution in [0.4, 0.5) is 5.69 Å². The maximum Gasteiger partial charge on any atom is 0.196 e. The van der Waals surface area contributed by atoms with Gasteiger partial charge in [-0.25, -0.2) is 0 Å². The third-order valence-electron chi connectivity index (χ3n) is 3.95. The van der Waals surface area contributed by atoms with Gasteiger partial charge in [-0.1, -0.05) is 11.6 Å². The summed E-state index contributed by atoms with van der Waals surface area (Å²) in [6, 6.07) is 5.83. The van der Waals surface area contributed by atoms with Crippen LogP contribution in [0.15, 0.2) is 27.7 Å². The molecule has 1 spiro atoms. The van der Waals surface area contributed by atoms with Crippen LogP contribution in [0.1, 0.15) is 12.8 Å². The van der Waals surface area contributed by atoms with Crippen molar-refractivity contribution in [3.05, 3.63) is 27.7 Å². The molecule has 1 aromatic carbocycles. The Morgan fingerprint density at radius 2 is 2.26 bits per heavy atom. The molecule has 0 saturated heterocycles. The molecule has 3 rings (SSSR count). The summed E-state index contributed by atoms with van der Waals surface area (Å²) in [6.45, 7) is 0.735. The van der Waals surface area contributed by atoms with Crippen LogP contribution in [0.2, 0.25) is 5.02 Å². The van der Waals surface area contributed by atoms with Crippen LogP contribution in [0.5, 0.6) is 0 Å². The lowest BCUT2D eigenvalue weighted by molar-refractivity contribution is -0.00653. The number of ether oxygens (including phenoxy) is 1. The van der Waals surface area contributed by atoms with Crippen molar-refractivity contribution in [1.29, 1.82) is 0 Å². The van der Waals surface area contributed by atoms with Gasteiger partial charge in [-0.3, -0.25) is 4.99 Å². The number of methoxy groups -OCH3 is 1. The molecule has 2 aliphatic rings. The largest absolute Gasteiger partial charge is 0.381 e. The predicted octanol–water partition coefficient (Wildman–Crippen LogP) is 2.78. The summed E-state index contributed by atoms with van der Waals surface area (Å²) in [5, 5.41) is 0.691. The molecule has 4 nitrogen and oxygen atoms in total. The zero-order valence-corrected chi connectivity index (χ0v) is 12.9. The molecule has 1 heterocycles. The van der Waals surface area contributed by atoms with Crippen LogP contribution in [0, 0.1) is 0 Å². The van der Waals surface area contributed by atoms with Gasteiger partial charge in [-0.05, 0) is 47.0 Å². The lowest BCUT2D eigenvalue weighted by Gasteiger charge is -2.50. The second-order valence-electron chi connectivity index (χ2n) is 5.10. The van der Waals surface area contributed by atoms with E-state index in [4.69, 9.17) is 22.1 Å². The molecule has 1 aliphatic carbocycles. The van der Waals surface area contributed by atoms with Gasteiger partial charge >= 0.3 is 0 Å². The van der Waals surface area contributed by atoms with E-state index >= 15 is 0 Å². The predicted molar refractivity (Wildman–Crippen MR) is 80.9 cm³/mol. The maximum absolute atomic E-state index is 6.06. The Labute approximate surface area is 125 Å². The van der Waals surface area contributed by atoms with Crippen molar-refractivity contribution in [3.8, 4) is 0 Å². The molecular formula is C13H15BrClN3O. The van der Waals surface area contributed by atoms with Crippen molar-refractivity contribution >= 4 is 39.2 Å². The molecule has 0 bridgehead atoms. The third-order valence-corrected chi connectivity index (χ3v) is 5.16. The normalized spacial score (nSPS) is 29.5. The molecule has 2 N–H and O–H groups in total. The van der Waals surface area contributed by atoms with E-state index in [1.165, 1.54) is 0 Å². The Bertz CT molecular complexity index is 543. The van der Waals surface area contributed by atoms with Gasteiger partial charge in [0.25, 0.3) is 0 Å². The van der Waals surface area contributed by atoms with Gasteiger partial charge < -0.3 is 15.4 Å². The summed E-state index contributed by atoms with van der Waals surface area (Å²) in [5.74, 6) is 0.573. The molecule has 1 aromatic rings. The number of aliphatic imine (C=N–C) groups is 1. The van der Waals surface area contributed by atoms with Gasteiger partial charge in [-0.15, -0.1) is 0 Å². The first kappa shape index (κ1) is 13.2. The molecule has 6 heteroatoms. The average molecular weight is 345 g/mol. The number of nitrogens with two attached hydrogens (primary N) is 1. The van der Waals surface area contributed by atoms with Gasteiger partial charge in [0.15, 0.2) is 5.96 Å². The van der Waals surface area contributed by atoms with E-state index in [0.29, 0.717) is 17.1 Å². The first-order chi connectivity index (χ1) is 9.05. The van der Waals surface area contributed by atoms with Crippen molar-refractivity contribution in [2.24, 2.45) is 10.7 Å². The molecule has 1 fully saturated rings. The molecule has 0 unspecified atom stereocenters. The fraction of sp³-hybridized carbons (Fsp3) is 0.462. The number of rotatable bonds is 2. The van der Waals surface area contributed by atoms with Crippen LogP contribution in [-0.2, 0) is 4.74 Å². The minimum atomic E-state index is -0.0158. The van der Waals surface area contributed by atoms with E-state index in [9.17, 15) is 0 Å². The first-order valence-electron chi connectivity index (χ1n) is 6.14. The summed E-state index contributed by atoms with van der Waals surface area (Å²) in [6.07, 6.45) is 2.21. The summed E-state index contributed by atoms with van der Waals surface area (Å²) in [4.78, 5) is 6.52. The quantitative estimate of drug-likeness (QED) is 0.897. The number of anilines is 1. The SMILES string of the molecule is COC1CC2(CN=C(N)N2c2ccc(Cl)c(Br)c2)C1. The van der Waals surface area contributed by atoms with Crippen molar-refractivity contribution < 1.29 is 4.74 Å². The Balaban J connectivity index is 1.92. The summed E-state index contributed by atoms with van der Waals surface area (Å²) < 4.78 is 6.25. The fourth-order valence-electron chi connectivity index (χ4n) is 2.91. The zero-order valence-electron chi connectivity index (χ0n) is 10.6. The molecule has 0 aromatic heterocycles. The highest BCUT2D eigenvalue weighted by atomic mass is 79.9. The highest BCUT2D eigenvalue weighted by Gasteiger charge is 2.53. The molecular weight excluding hydrogens is 330 g/mol. The van der Waals surface area contributed by atoms with Crippen LogP contribution >= 0.6 is 27.5 Å². The van der Waals surface area contributed by atoms with Crippen molar-refractivity contribution in [2.75, 3.05) is 18.6 Å². The minimum absolute atomic E-state index is 0.0158. The minimum Gasteiger partial charge on any atom is -0.381 e. The van der Waals surface area contributed by atoms with Crippen molar-refractivity contribution in [1.82, 2.24) is 0 Å². The number of nitrogens with zero attached hydrogens (tertiary/aromatic N) is 2. The lowest BCUT2D eigenvalue weighted by Crippen LogP contribution is -2.61. The Kier molecular flexibility index (Phi) is 3.23. The molecule has 0 amide bonds. The number of benzene rings is 1. The second-order valence-corrected chi connectivity index (χ2v) is 6.36. The van der Waals surface area contributed by atoms with Gasteiger partial charge in [0.1, 0.15) is 0 Å². The van der Waals surface area contributed by atoms with Crippen molar-refractivity contribution in [2.45, 2.75) is 24.5 Å². The molecule has 102 valence electrons. The second kappa shape index (κ2) is 4.65. The molecule has 19 heavy (non-hydrogen) atoms. The molecule has 1 aliphatic heterocycles. The first-order valence-corrected chi connectivity index (χ1v) is 7.31. The number of hydrogen-bond acceptors (Lipinski definition) is 4. The summed E-state index contributed by atoms with van der Waals surface area (Å²) in [7, 11) is 1.75. The highest BCUT2D eigenvalue weighted by Crippen LogP contribution is 2.45. The number of guanidine groups is 1. The maximum atomic E-state index is 6.06. The average Bonchev–Trinajstić information content (AvgIpc) is 2.68. The zero-order chi connectivity index (χ0) is 13.6. The fourth-order valence-corrected chi connectivity index (χ4v) is 3.39. The summed E-state index contributed by atoms with van der Waals surface area (Å²) >= 11 is 9.49. The van der Waals surface area contributed by atoms with E-state index in [2.05, 4.69) is 25.8 Å². The lowest BCUT2D eigenvalue weighted by atomic mass is 9.73.